The molecule has 0 aliphatic carbocycles. The third-order valence-corrected chi connectivity index (χ3v) is 4.82. The maximum atomic E-state index is 11.9. The van der Waals surface area contributed by atoms with E-state index < -0.39 is 67.5 Å². The Balaban J connectivity index is 1.66. The van der Waals surface area contributed by atoms with E-state index in [0.29, 0.717) is 0 Å². The van der Waals surface area contributed by atoms with Crippen LogP contribution in [0.4, 0.5) is 5.82 Å². The van der Waals surface area contributed by atoms with E-state index in [1.54, 1.807) is 0 Å². The molecule has 1 aromatic rings. The van der Waals surface area contributed by atoms with Crippen LogP contribution in [-0.2, 0) is 14.2 Å². The first-order chi connectivity index (χ1) is 13.2. The van der Waals surface area contributed by atoms with Gasteiger partial charge in [-0.2, -0.15) is 4.98 Å². The van der Waals surface area contributed by atoms with Gasteiger partial charge in [0.05, 0.1) is 19.3 Å². The molecule has 0 spiro atoms. The van der Waals surface area contributed by atoms with E-state index in [2.05, 4.69) is 4.98 Å². The monoisotopic (exact) mass is 404 g/mol. The van der Waals surface area contributed by atoms with Crippen molar-refractivity contribution in [2.45, 2.75) is 55.2 Å². The van der Waals surface area contributed by atoms with Gasteiger partial charge in [0.2, 0.25) is 0 Å². The van der Waals surface area contributed by atoms with Crippen molar-refractivity contribution in [1.29, 1.82) is 0 Å². The van der Waals surface area contributed by atoms with Crippen LogP contribution in [0.2, 0.25) is 0 Å². The molecule has 9 N–H and O–H groups in total. The zero-order valence-corrected chi connectivity index (χ0v) is 14.7. The highest BCUT2D eigenvalue weighted by Crippen LogP contribution is 2.29. The van der Waals surface area contributed by atoms with Gasteiger partial charge in [-0.1, -0.05) is 0 Å². The topological polar surface area (TPSA) is 216 Å². The second-order valence-electron chi connectivity index (χ2n) is 6.71. The number of hydrogen-bond donors (Lipinski definition) is 7. The number of nitrogen functional groups attached to an aromatic ring is 1. The standard InChI is InChI=1S/C15H24N4O9/c16-7-1-2-19(15(25)18-7)13-12(24)10(22)6(27-13)4-26-14-8(17)11(23)9(21)5(3-20)28-14/h1-2,5-6,8-14,20-24H,3-4,17H2,(H2,16,18,25)/t5-,6-,8-,9-,10-,11-,12-,13-,14?/m1/s1. The Morgan fingerprint density at radius 2 is 1.79 bits per heavy atom. The van der Waals surface area contributed by atoms with Crippen LogP contribution < -0.4 is 17.2 Å². The summed E-state index contributed by atoms with van der Waals surface area (Å²) in [4.78, 5) is 15.5. The molecule has 13 nitrogen and oxygen atoms in total. The van der Waals surface area contributed by atoms with Crippen LogP contribution >= 0.6 is 0 Å². The number of nitrogens with two attached hydrogens (primary N) is 2. The minimum atomic E-state index is -1.45. The van der Waals surface area contributed by atoms with Gasteiger partial charge in [-0.05, 0) is 6.07 Å². The molecule has 2 aliphatic rings. The molecule has 3 heterocycles. The number of ether oxygens (including phenoxy) is 3. The Morgan fingerprint density at radius 1 is 1.11 bits per heavy atom. The summed E-state index contributed by atoms with van der Waals surface area (Å²) in [6.07, 6.45) is -8.95. The van der Waals surface area contributed by atoms with E-state index >= 15 is 0 Å². The van der Waals surface area contributed by atoms with Gasteiger partial charge in [0.1, 0.15) is 42.4 Å². The summed E-state index contributed by atoms with van der Waals surface area (Å²) in [5, 5.41) is 49.3. The molecular weight excluding hydrogens is 380 g/mol. The lowest BCUT2D eigenvalue weighted by Gasteiger charge is -2.40. The molecule has 2 aliphatic heterocycles. The van der Waals surface area contributed by atoms with Crippen molar-refractivity contribution in [3.8, 4) is 0 Å². The van der Waals surface area contributed by atoms with E-state index in [4.69, 9.17) is 25.7 Å². The largest absolute Gasteiger partial charge is 0.394 e. The molecule has 2 fully saturated rings. The normalized spacial score (nSPS) is 41.3. The minimum Gasteiger partial charge on any atom is -0.394 e. The van der Waals surface area contributed by atoms with Gasteiger partial charge in [-0.25, -0.2) is 4.79 Å². The molecule has 1 unspecified atom stereocenters. The molecule has 9 atom stereocenters. The van der Waals surface area contributed by atoms with Crippen LogP contribution in [0.5, 0.6) is 0 Å². The number of nitrogens with zero attached hydrogens (tertiary/aromatic N) is 2. The quantitative estimate of drug-likeness (QED) is 0.246. The maximum Gasteiger partial charge on any atom is 0.351 e. The fraction of sp³-hybridized carbons (Fsp3) is 0.733. The van der Waals surface area contributed by atoms with Gasteiger partial charge >= 0.3 is 5.69 Å². The second kappa shape index (κ2) is 8.36. The van der Waals surface area contributed by atoms with Crippen LogP contribution in [0.25, 0.3) is 0 Å². The third-order valence-electron chi connectivity index (χ3n) is 4.82. The Labute approximate surface area is 158 Å². The lowest BCUT2D eigenvalue weighted by Crippen LogP contribution is -2.62. The van der Waals surface area contributed by atoms with Crippen LogP contribution in [-0.4, -0.2) is 97.3 Å². The first-order valence-corrected chi connectivity index (χ1v) is 8.60. The lowest BCUT2D eigenvalue weighted by atomic mass is 9.98. The third kappa shape index (κ3) is 3.89. The molecule has 0 amide bonds. The highest BCUT2D eigenvalue weighted by Gasteiger charge is 2.47. The predicted octanol–water partition coefficient (Wildman–Crippen LogP) is -4.77. The molecule has 28 heavy (non-hydrogen) atoms. The first-order valence-electron chi connectivity index (χ1n) is 8.60. The van der Waals surface area contributed by atoms with Gasteiger partial charge < -0.3 is 51.2 Å². The Bertz CT molecular complexity index is 732. The van der Waals surface area contributed by atoms with E-state index in [0.717, 1.165) is 4.57 Å². The van der Waals surface area contributed by atoms with Crippen molar-refractivity contribution in [3.05, 3.63) is 22.7 Å². The highest BCUT2D eigenvalue weighted by molar-refractivity contribution is 5.23. The number of aliphatic hydroxyl groups excluding tert-OH is 5. The van der Waals surface area contributed by atoms with E-state index in [-0.39, 0.29) is 12.4 Å². The van der Waals surface area contributed by atoms with Crippen molar-refractivity contribution < 1.29 is 39.7 Å². The average molecular weight is 404 g/mol. The van der Waals surface area contributed by atoms with Crippen LogP contribution in [0.1, 0.15) is 6.23 Å². The fourth-order valence-corrected chi connectivity index (χ4v) is 3.16. The van der Waals surface area contributed by atoms with Gasteiger partial charge in [0.25, 0.3) is 0 Å². The summed E-state index contributed by atoms with van der Waals surface area (Å²) < 4.78 is 17.2. The Morgan fingerprint density at radius 3 is 2.43 bits per heavy atom. The van der Waals surface area contributed by atoms with E-state index in [9.17, 15) is 30.3 Å². The fourth-order valence-electron chi connectivity index (χ4n) is 3.16. The second-order valence-corrected chi connectivity index (χ2v) is 6.71. The molecule has 158 valence electrons. The summed E-state index contributed by atoms with van der Waals surface area (Å²) in [6.45, 7) is -0.883. The first kappa shape index (κ1) is 21.0. The molecule has 0 bridgehead atoms. The van der Waals surface area contributed by atoms with E-state index in [1.807, 2.05) is 0 Å². The molecule has 13 heteroatoms. The molecule has 0 aromatic carbocycles. The van der Waals surface area contributed by atoms with Gasteiger partial charge in [-0.3, -0.25) is 4.57 Å². The van der Waals surface area contributed by atoms with Crippen molar-refractivity contribution in [3.63, 3.8) is 0 Å². The maximum absolute atomic E-state index is 11.9. The molecule has 3 rings (SSSR count). The summed E-state index contributed by atoms with van der Waals surface area (Å²) >= 11 is 0. The number of aromatic nitrogens is 2. The van der Waals surface area contributed by atoms with Gasteiger partial charge in [-0.15, -0.1) is 0 Å². The number of anilines is 1. The molecular formula is C15H24N4O9. The Hall–Kier alpha value is -1.68. The SMILES string of the molecule is Nc1ccn([C@@H]2O[C@H](COC3O[C@H](CO)[C@@H](O)[C@H](O)[C@H]3N)[C@@H](O)[C@H]2O)c(=O)n1. The summed E-state index contributed by atoms with van der Waals surface area (Å²) in [6, 6.07) is 0.214. The van der Waals surface area contributed by atoms with Crippen molar-refractivity contribution in [2.24, 2.45) is 5.73 Å². The summed E-state index contributed by atoms with van der Waals surface area (Å²) in [7, 11) is 0. The average Bonchev–Trinajstić information content (AvgIpc) is 2.94. The van der Waals surface area contributed by atoms with Crippen molar-refractivity contribution >= 4 is 5.82 Å². The molecule has 0 radical (unpaired) electrons. The lowest BCUT2D eigenvalue weighted by molar-refractivity contribution is -0.272. The van der Waals surface area contributed by atoms with Crippen LogP contribution in [0.3, 0.4) is 0 Å². The van der Waals surface area contributed by atoms with E-state index in [1.165, 1.54) is 12.3 Å². The molecule has 0 saturated carbocycles. The predicted molar refractivity (Wildman–Crippen MR) is 90.5 cm³/mol. The summed E-state index contributed by atoms with van der Waals surface area (Å²) in [5.41, 5.74) is 10.4. The Kier molecular flexibility index (Phi) is 6.28. The summed E-state index contributed by atoms with van der Waals surface area (Å²) in [5.74, 6) is -0.00298. The smallest absolute Gasteiger partial charge is 0.351 e. The van der Waals surface area contributed by atoms with Crippen molar-refractivity contribution in [1.82, 2.24) is 9.55 Å². The van der Waals surface area contributed by atoms with Gasteiger partial charge in [0.15, 0.2) is 12.5 Å². The van der Waals surface area contributed by atoms with Gasteiger partial charge in [0, 0.05) is 6.20 Å². The van der Waals surface area contributed by atoms with Crippen molar-refractivity contribution in [2.75, 3.05) is 18.9 Å². The molecule has 2 saturated heterocycles. The zero-order valence-electron chi connectivity index (χ0n) is 14.7. The van der Waals surface area contributed by atoms with Crippen LogP contribution in [0, 0.1) is 0 Å². The zero-order chi connectivity index (χ0) is 20.6. The number of rotatable bonds is 5. The number of aliphatic hydroxyl groups is 5. The molecule has 1 aromatic heterocycles. The van der Waals surface area contributed by atoms with Crippen LogP contribution in [0.15, 0.2) is 17.1 Å². The number of hydrogen-bond acceptors (Lipinski definition) is 12. The highest BCUT2D eigenvalue weighted by atomic mass is 16.7. The minimum absolute atomic E-state index is 0.00298.